The van der Waals surface area contributed by atoms with Gasteiger partial charge in [-0.3, -0.25) is 4.18 Å². The van der Waals surface area contributed by atoms with Crippen molar-refractivity contribution in [1.29, 1.82) is 0 Å². The van der Waals surface area contributed by atoms with Crippen LogP contribution in [0.15, 0.2) is 42.5 Å². The summed E-state index contributed by atoms with van der Waals surface area (Å²) in [5, 5.41) is 2.42. The van der Waals surface area contributed by atoms with Gasteiger partial charge in [0.25, 0.3) is 0 Å². The fourth-order valence-electron chi connectivity index (χ4n) is 6.32. The van der Waals surface area contributed by atoms with Crippen molar-refractivity contribution in [3.8, 4) is 5.75 Å². The van der Waals surface area contributed by atoms with Crippen LogP contribution >= 0.6 is 0 Å². The Morgan fingerprint density at radius 2 is 0.559 bits per heavy atom. The molecule has 0 radical (unpaired) electrons. The number of hydrogen-bond acceptors (Lipinski definition) is 1. The summed E-state index contributed by atoms with van der Waals surface area (Å²) < 4.78 is 300. The van der Waals surface area contributed by atoms with Gasteiger partial charge in [-0.2, -0.15) is 0 Å². The third-order valence-corrected chi connectivity index (χ3v) is 9.23. The van der Waals surface area contributed by atoms with E-state index >= 15 is 35.1 Å². The Morgan fingerprint density at radius 3 is 0.831 bits per heavy atom. The lowest BCUT2D eigenvalue weighted by Gasteiger charge is -2.44. The molecule has 6 aromatic carbocycles. The summed E-state index contributed by atoms with van der Waals surface area (Å²) in [6.07, 6.45) is -3.07. The van der Waals surface area contributed by atoms with E-state index in [2.05, 4.69) is 30.7 Å². The third-order valence-electron chi connectivity index (χ3n) is 8.71. The molecule has 312 valence electrons. The summed E-state index contributed by atoms with van der Waals surface area (Å²) in [5.41, 5.74) is -14.3. The van der Waals surface area contributed by atoms with Crippen LogP contribution in [0.4, 0.5) is 87.8 Å². The van der Waals surface area contributed by atoms with Crippen molar-refractivity contribution in [3.05, 3.63) is 159 Å². The minimum absolute atomic E-state index is 0.0226. The van der Waals surface area contributed by atoms with Gasteiger partial charge in [-0.05, 0) is 11.5 Å². The zero-order valence-corrected chi connectivity index (χ0v) is 29.3. The highest BCUT2D eigenvalue weighted by Gasteiger charge is 2.52. The molecule has 6 rings (SSSR count). The first kappa shape index (κ1) is 44.5. The standard InChI is InChI=1S/C24BF20.C12H13OS/c26-5-1(6(27)14(35)21(42)13(5)34)25(2-7(28)15(36)22(43)16(37)8(2)29,3-9(30)17(38)23(44)18(39)10(3)31)4-11(32)19(40)24(45)20(41)12(4)33;1-14(2)13-12-9-5-7-10-6-3-4-8-11(10)12/h;3-9H,1-2H3/q-1;+1. The predicted molar refractivity (Wildman–Crippen MR) is 173 cm³/mol. The van der Waals surface area contributed by atoms with Gasteiger partial charge in [-0.1, -0.05) is 36.4 Å². The minimum Gasteiger partial charge on any atom is -0.286 e. The van der Waals surface area contributed by atoms with E-state index in [1.165, 1.54) is 10.8 Å². The predicted octanol–water partition coefficient (Wildman–Crippen LogP) is 8.86. The Kier molecular flexibility index (Phi) is 12.2. The molecule has 0 aliphatic carbocycles. The molecular weight excluding hydrogens is 871 g/mol. The Balaban J connectivity index is 0.000000395. The van der Waals surface area contributed by atoms with Gasteiger partial charge in [-0.15, -0.1) is 21.9 Å². The molecule has 0 aliphatic heterocycles. The maximum atomic E-state index is 15.4. The minimum atomic E-state index is -7.22. The third kappa shape index (κ3) is 6.85. The first-order valence-corrected chi connectivity index (χ1v) is 17.4. The van der Waals surface area contributed by atoms with Gasteiger partial charge in [0.05, 0.1) is 0 Å². The van der Waals surface area contributed by atoms with E-state index in [1.54, 1.807) is 0 Å². The highest BCUT2D eigenvalue weighted by atomic mass is 32.2. The second kappa shape index (κ2) is 16.2. The lowest BCUT2D eigenvalue weighted by molar-refractivity contribution is 0.378. The Labute approximate surface area is 318 Å². The van der Waals surface area contributed by atoms with Gasteiger partial charge < -0.3 is 0 Å². The first-order valence-electron chi connectivity index (χ1n) is 15.4. The van der Waals surface area contributed by atoms with Gasteiger partial charge >= 0.3 is 0 Å². The molecule has 6 aromatic rings. The Bertz CT molecular complexity index is 2300. The van der Waals surface area contributed by atoms with E-state index in [0.29, 0.717) is 0 Å². The second-order valence-electron chi connectivity index (χ2n) is 12.1. The smallest absolute Gasteiger partial charge is 0.200 e. The number of hydrogen-bond donors (Lipinski definition) is 0. The van der Waals surface area contributed by atoms with Crippen LogP contribution in [0.5, 0.6) is 5.75 Å². The zero-order chi connectivity index (χ0) is 44.3. The summed E-state index contributed by atoms with van der Waals surface area (Å²) in [6, 6.07) is 14.4. The van der Waals surface area contributed by atoms with Crippen LogP contribution in [0.25, 0.3) is 10.8 Å². The fourth-order valence-corrected chi connectivity index (χ4v) is 6.83. The molecular formula is C36H13BF20OS. The van der Waals surface area contributed by atoms with Crippen LogP contribution in [0, 0.1) is 116 Å². The molecule has 0 aliphatic rings. The van der Waals surface area contributed by atoms with Crippen molar-refractivity contribution in [2.75, 3.05) is 12.5 Å². The van der Waals surface area contributed by atoms with Crippen LogP contribution < -0.4 is 26.0 Å². The van der Waals surface area contributed by atoms with Crippen molar-refractivity contribution in [3.63, 3.8) is 0 Å². The van der Waals surface area contributed by atoms with Crippen molar-refractivity contribution in [1.82, 2.24) is 0 Å². The molecule has 0 saturated heterocycles. The van der Waals surface area contributed by atoms with E-state index in [-0.39, 0.29) is 11.2 Å². The summed E-state index contributed by atoms with van der Waals surface area (Å²) >= 11 is -0.0226. The molecule has 1 nitrogen and oxygen atoms in total. The number of benzene rings is 6. The molecule has 0 heterocycles. The molecule has 0 bridgehead atoms. The van der Waals surface area contributed by atoms with E-state index < -0.39 is 144 Å². The Morgan fingerprint density at radius 1 is 0.322 bits per heavy atom. The molecule has 0 aromatic heterocycles. The number of rotatable bonds is 6. The molecule has 0 saturated carbocycles. The van der Waals surface area contributed by atoms with Crippen LogP contribution in [0.1, 0.15) is 0 Å². The highest BCUT2D eigenvalue weighted by molar-refractivity contribution is 7.91. The quantitative estimate of drug-likeness (QED) is 0.0535. The maximum absolute atomic E-state index is 15.4. The maximum Gasteiger partial charge on any atom is 0.200 e. The van der Waals surface area contributed by atoms with Gasteiger partial charge in [0, 0.05) is 5.39 Å². The number of fused-ring (bicyclic) bond motifs is 1. The zero-order valence-electron chi connectivity index (χ0n) is 28.5. The van der Waals surface area contributed by atoms with Crippen molar-refractivity contribution < 1.29 is 92.0 Å². The largest absolute Gasteiger partial charge is 0.286 e. The number of halogens is 20. The molecule has 0 spiro atoms. The topological polar surface area (TPSA) is 9.23 Å². The van der Waals surface area contributed by atoms with E-state index in [0.717, 1.165) is 5.75 Å². The lowest BCUT2D eigenvalue weighted by atomic mass is 9.12. The molecule has 0 fully saturated rings. The van der Waals surface area contributed by atoms with Crippen molar-refractivity contribution in [2.45, 2.75) is 0 Å². The van der Waals surface area contributed by atoms with E-state index in [9.17, 15) is 52.7 Å². The van der Waals surface area contributed by atoms with Gasteiger partial charge in [0.15, 0.2) is 86.7 Å². The van der Waals surface area contributed by atoms with Crippen LogP contribution in [0.2, 0.25) is 0 Å². The molecule has 23 heteroatoms. The molecule has 0 atom stereocenters. The first-order chi connectivity index (χ1) is 27.5. The van der Waals surface area contributed by atoms with E-state index in [1.807, 2.05) is 24.3 Å². The molecule has 0 amide bonds. The van der Waals surface area contributed by atoms with Gasteiger partial charge in [0.1, 0.15) is 65.2 Å². The lowest BCUT2D eigenvalue weighted by Crippen LogP contribution is -2.81. The van der Waals surface area contributed by atoms with Crippen LogP contribution in [0.3, 0.4) is 0 Å². The van der Waals surface area contributed by atoms with Crippen LogP contribution in [-0.4, -0.2) is 18.7 Å². The average Bonchev–Trinajstić information content (AvgIpc) is 3.21. The SMILES string of the molecule is C[S+](C)Oc1cccc2ccccc12.Fc1c(F)c(F)c([B-](c2c(F)c(F)c(F)c(F)c2F)(c2c(F)c(F)c(F)c(F)c2F)c2c(F)c(F)c(F)c(F)c2F)c(F)c1F. The highest BCUT2D eigenvalue weighted by Crippen LogP contribution is 2.31. The summed E-state index contributed by atoms with van der Waals surface area (Å²) in [5.74, 6) is -70.4. The normalized spacial score (nSPS) is 11.7. The summed E-state index contributed by atoms with van der Waals surface area (Å²) in [6.45, 7) is 0. The average molecular weight is 884 g/mol. The Hall–Kier alpha value is -5.61. The summed E-state index contributed by atoms with van der Waals surface area (Å²) in [7, 11) is 0. The van der Waals surface area contributed by atoms with Gasteiger partial charge in [0.2, 0.25) is 0 Å². The molecule has 0 unspecified atom stereocenters. The molecule has 0 N–H and O–H groups in total. The summed E-state index contributed by atoms with van der Waals surface area (Å²) in [4.78, 5) is 0. The second-order valence-corrected chi connectivity index (χ2v) is 13.8. The van der Waals surface area contributed by atoms with Gasteiger partial charge in [-0.25, -0.2) is 87.8 Å². The van der Waals surface area contributed by atoms with Crippen molar-refractivity contribution in [2.24, 2.45) is 0 Å². The monoisotopic (exact) mass is 884 g/mol. The van der Waals surface area contributed by atoms with Crippen LogP contribution in [-0.2, 0) is 11.2 Å². The van der Waals surface area contributed by atoms with E-state index in [4.69, 9.17) is 4.18 Å². The molecule has 59 heavy (non-hydrogen) atoms. The fraction of sp³-hybridized carbons (Fsp3) is 0.0556. The van der Waals surface area contributed by atoms with Crippen molar-refractivity contribution >= 4 is 49.9 Å².